The van der Waals surface area contributed by atoms with Gasteiger partial charge in [0.25, 0.3) is 0 Å². The van der Waals surface area contributed by atoms with Gasteiger partial charge in [0.2, 0.25) is 0 Å². The van der Waals surface area contributed by atoms with Crippen LogP contribution < -0.4 is 11.1 Å². The summed E-state index contributed by atoms with van der Waals surface area (Å²) in [5.74, 6) is -0.791. The molecule has 0 fully saturated rings. The molecule has 0 spiro atoms. The fraction of sp³-hybridized carbons (Fsp3) is 0.857. The summed E-state index contributed by atoms with van der Waals surface area (Å²) in [6.07, 6.45) is 1.36. The number of hydrogen-bond acceptors (Lipinski definition) is 3. The summed E-state index contributed by atoms with van der Waals surface area (Å²) < 4.78 is 0. The molecule has 0 amide bonds. The molecule has 0 bridgehead atoms. The fourth-order valence-electron chi connectivity index (χ4n) is 0.881. The number of aliphatic carboxylic acids is 1. The molecule has 6 heteroatoms. The zero-order chi connectivity index (χ0) is 8.69. The molecule has 0 saturated carbocycles. The number of nitrogens with two attached hydrogens (primary N) is 1. The van der Waals surface area contributed by atoms with Crippen molar-refractivity contribution in [2.75, 3.05) is 13.1 Å². The highest BCUT2D eigenvalue weighted by atomic mass is 35.5. The molecule has 13 heavy (non-hydrogen) atoms. The molecule has 0 aromatic rings. The lowest BCUT2D eigenvalue weighted by atomic mass is 10.1. The maximum atomic E-state index is 10.5. The van der Waals surface area contributed by atoms with Crippen molar-refractivity contribution < 1.29 is 9.90 Å². The van der Waals surface area contributed by atoms with E-state index in [-0.39, 0.29) is 24.8 Å². The number of carboxylic acids is 1. The van der Waals surface area contributed by atoms with Crippen LogP contribution in [-0.4, -0.2) is 30.2 Å². The largest absolute Gasteiger partial charge is 0.480 e. The number of halogens is 2. The Balaban J connectivity index is -0.000000500. The molecule has 0 aliphatic rings. The molecule has 4 nitrogen and oxygen atoms in total. The van der Waals surface area contributed by atoms with E-state index >= 15 is 0 Å². The van der Waals surface area contributed by atoms with Gasteiger partial charge < -0.3 is 16.2 Å². The third kappa shape index (κ3) is 9.89. The average Bonchev–Trinajstić information content (AvgIpc) is 1.97. The van der Waals surface area contributed by atoms with Crippen LogP contribution in [0.15, 0.2) is 0 Å². The Hall–Kier alpha value is -0.0300. The molecule has 0 heterocycles. The van der Waals surface area contributed by atoms with Crippen molar-refractivity contribution in [3.05, 3.63) is 0 Å². The van der Waals surface area contributed by atoms with Gasteiger partial charge in [0.15, 0.2) is 0 Å². The molecule has 82 valence electrons. The standard InChI is InChI=1S/C7H16N2O2.2ClH/c1-2-9-6(7(10)11)4-3-5-8;;/h6,9H,2-5,8H2,1H3,(H,10,11);2*1H/t6-;;/m1../s1. The van der Waals surface area contributed by atoms with E-state index in [0.717, 1.165) is 6.42 Å². The molecular weight excluding hydrogens is 215 g/mol. The molecule has 0 aliphatic carbocycles. The van der Waals surface area contributed by atoms with Crippen LogP contribution in [-0.2, 0) is 4.79 Å². The minimum Gasteiger partial charge on any atom is -0.480 e. The normalized spacial score (nSPS) is 10.9. The molecule has 0 aromatic carbocycles. The van der Waals surface area contributed by atoms with E-state index in [2.05, 4.69) is 5.32 Å². The minimum absolute atomic E-state index is 0. The Morgan fingerprint density at radius 2 is 2.08 bits per heavy atom. The molecule has 0 unspecified atom stereocenters. The maximum absolute atomic E-state index is 10.5. The smallest absolute Gasteiger partial charge is 0.320 e. The van der Waals surface area contributed by atoms with E-state index < -0.39 is 12.0 Å². The second-order valence-electron chi connectivity index (χ2n) is 2.38. The van der Waals surface area contributed by atoms with Gasteiger partial charge in [0.05, 0.1) is 0 Å². The van der Waals surface area contributed by atoms with Gasteiger partial charge in [-0.25, -0.2) is 0 Å². The first-order valence-electron chi connectivity index (χ1n) is 3.88. The summed E-state index contributed by atoms with van der Waals surface area (Å²) in [5.41, 5.74) is 5.25. The topological polar surface area (TPSA) is 75.3 Å². The van der Waals surface area contributed by atoms with Crippen LogP contribution >= 0.6 is 24.8 Å². The Morgan fingerprint density at radius 3 is 2.38 bits per heavy atom. The first-order chi connectivity index (χ1) is 5.22. The lowest BCUT2D eigenvalue weighted by Gasteiger charge is -2.11. The van der Waals surface area contributed by atoms with Crippen molar-refractivity contribution in [3.8, 4) is 0 Å². The monoisotopic (exact) mass is 232 g/mol. The number of carbonyl (C=O) groups is 1. The van der Waals surface area contributed by atoms with Gasteiger partial charge in [-0.2, -0.15) is 0 Å². The Morgan fingerprint density at radius 1 is 1.54 bits per heavy atom. The van der Waals surface area contributed by atoms with E-state index in [9.17, 15) is 4.79 Å². The molecule has 0 aromatic heterocycles. The highest BCUT2D eigenvalue weighted by Gasteiger charge is 2.13. The van der Waals surface area contributed by atoms with Crippen LogP contribution in [0.1, 0.15) is 19.8 Å². The number of likely N-dealkylation sites (N-methyl/N-ethyl adjacent to an activating group) is 1. The van der Waals surface area contributed by atoms with Gasteiger partial charge in [0.1, 0.15) is 6.04 Å². The molecule has 0 aliphatic heterocycles. The minimum atomic E-state index is -0.791. The number of carboxylic acid groups (broad SMARTS) is 1. The maximum Gasteiger partial charge on any atom is 0.320 e. The highest BCUT2D eigenvalue weighted by Crippen LogP contribution is 1.95. The van der Waals surface area contributed by atoms with Crippen molar-refractivity contribution in [2.45, 2.75) is 25.8 Å². The molecular formula is C7H18Cl2N2O2. The number of hydrogen-bond donors (Lipinski definition) is 3. The highest BCUT2D eigenvalue weighted by molar-refractivity contribution is 5.85. The van der Waals surface area contributed by atoms with E-state index in [1.165, 1.54) is 0 Å². The van der Waals surface area contributed by atoms with Crippen molar-refractivity contribution in [1.29, 1.82) is 0 Å². The van der Waals surface area contributed by atoms with Crippen molar-refractivity contribution in [1.82, 2.24) is 5.32 Å². The lowest BCUT2D eigenvalue weighted by molar-refractivity contribution is -0.139. The van der Waals surface area contributed by atoms with E-state index in [1.54, 1.807) is 0 Å². The second-order valence-corrected chi connectivity index (χ2v) is 2.38. The zero-order valence-electron chi connectivity index (χ0n) is 7.66. The predicted octanol–water partition coefficient (Wildman–Crippen LogP) is 0.632. The third-order valence-corrected chi connectivity index (χ3v) is 1.45. The van der Waals surface area contributed by atoms with Crippen LogP contribution in [0.2, 0.25) is 0 Å². The van der Waals surface area contributed by atoms with E-state index in [4.69, 9.17) is 10.8 Å². The summed E-state index contributed by atoms with van der Waals surface area (Å²) in [6.45, 7) is 3.12. The van der Waals surface area contributed by atoms with Crippen molar-refractivity contribution in [3.63, 3.8) is 0 Å². The van der Waals surface area contributed by atoms with Crippen LogP contribution in [0.5, 0.6) is 0 Å². The summed E-state index contributed by atoms with van der Waals surface area (Å²) >= 11 is 0. The summed E-state index contributed by atoms with van der Waals surface area (Å²) in [5, 5.41) is 11.5. The van der Waals surface area contributed by atoms with Gasteiger partial charge in [-0.15, -0.1) is 24.8 Å². The van der Waals surface area contributed by atoms with Gasteiger partial charge in [-0.1, -0.05) is 6.92 Å². The van der Waals surface area contributed by atoms with Crippen LogP contribution in [0.25, 0.3) is 0 Å². The summed E-state index contributed by atoms with van der Waals surface area (Å²) in [4.78, 5) is 10.5. The van der Waals surface area contributed by atoms with E-state index in [0.29, 0.717) is 19.5 Å². The lowest BCUT2D eigenvalue weighted by Crippen LogP contribution is -2.36. The van der Waals surface area contributed by atoms with Gasteiger partial charge in [-0.3, -0.25) is 4.79 Å². The van der Waals surface area contributed by atoms with E-state index in [1.807, 2.05) is 6.92 Å². The Labute approximate surface area is 91.1 Å². The van der Waals surface area contributed by atoms with Crippen molar-refractivity contribution >= 4 is 30.8 Å². The van der Waals surface area contributed by atoms with Crippen molar-refractivity contribution in [2.24, 2.45) is 5.73 Å². The van der Waals surface area contributed by atoms with Crippen LogP contribution in [0.4, 0.5) is 0 Å². The first kappa shape index (κ1) is 18.7. The molecule has 4 N–H and O–H groups in total. The third-order valence-electron chi connectivity index (χ3n) is 1.45. The quantitative estimate of drug-likeness (QED) is 0.629. The molecule has 0 radical (unpaired) electrons. The summed E-state index contributed by atoms with van der Waals surface area (Å²) in [6, 6.07) is -0.427. The Kier molecular flexibility index (Phi) is 17.2. The van der Waals surface area contributed by atoms with Crippen LogP contribution in [0, 0.1) is 0 Å². The number of rotatable bonds is 6. The molecule has 1 atom stereocenters. The predicted molar refractivity (Wildman–Crippen MR) is 57.9 cm³/mol. The van der Waals surface area contributed by atoms with Gasteiger partial charge in [-0.05, 0) is 25.9 Å². The Bertz CT molecular complexity index is 125. The molecule has 0 saturated heterocycles. The average molecular weight is 233 g/mol. The number of nitrogens with one attached hydrogen (secondary N) is 1. The second kappa shape index (κ2) is 12.0. The first-order valence-corrected chi connectivity index (χ1v) is 3.88. The SMILES string of the molecule is CCN[C@H](CCCN)C(=O)O.Cl.Cl. The zero-order valence-corrected chi connectivity index (χ0v) is 9.29. The van der Waals surface area contributed by atoms with Crippen LogP contribution in [0.3, 0.4) is 0 Å². The van der Waals surface area contributed by atoms with Gasteiger partial charge >= 0.3 is 5.97 Å². The fourth-order valence-corrected chi connectivity index (χ4v) is 0.881. The molecule has 0 rings (SSSR count). The van der Waals surface area contributed by atoms with Gasteiger partial charge in [0, 0.05) is 0 Å². The summed E-state index contributed by atoms with van der Waals surface area (Å²) in [7, 11) is 0.